The fraction of sp³-hybridized carbons (Fsp3) is 0.900. The zero-order chi connectivity index (χ0) is 11.6. The van der Waals surface area contributed by atoms with E-state index in [0.717, 1.165) is 0 Å². The predicted molar refractivity (Wildman–Crippen MR) is 51.7 cm³/mol. The van der Waals surface area contributed by atoms with Crippen molar-refractivity contribution in [2.75, 3.05) is 6.61 Å². The second-order valence-corrected chi connectivity index (χ2v) is 4.36. The molecular weight excluding hydrogens is 204 g/mol. The molecule has 0 saturated heterocycles. The van der Waals surface area contributed by atoms with Crippen molar-refractivity contribution >= 4 is 5.91 Å². The Hall–Kier alpha value is -0.710. The average Bonchev–Trinajstić information content (AvgIpc) is 2.16. The van der Waals surface area contributed by atoms with E-state index in [9.17, 15) is 13.6 Å². The van der Waals surface area contributed by atoms with Gasteiger partial charge in [0, 0.05) is 18.1 Å². The van der Waals surface area contributed by atoms with Crippen LogP contribution in [-0.4, -0.2) is 31.1 Å². The number of hydrogen-bond acceptors (Lipinski definition) is 2. The Morgan fingerprint density at radius 2 is 2.20 bits per heavy atom. The van der Waals surface area contributed by atoms with E-state index in [1.165, 1.54) is 0 Å². The van der Waals surface area contributed by atoms with Crippen molar-refractivity contribution < 1.29 is 18.3 Å². The van der Waals surface area contributed by atoms with Crippen LogP contribution in [0.3, 0.4) is 0 Å². The van der Waals surface area contributed by atoms with Crippen LogP contribution in [0.25, 0.3) is 0 Å². The number of halogens is 2. The molecule has 2 atom stereocenters. The van der Waals surface area contributed by atoms with Crippen LogP contribution in [0.1, 0.15) is 27.2 Å². The molecule has 0 radical (unpaired) electrons. The molecule has 1 N–H and O–H groups in total. The van der Waals surface area contributed by atoms with E-state index in [0.29, 0.717) is 13.0 Å². The standard InChI is InChI=1S/C10H17F2NO2/c1-4-15-7-5-6(10(7,2)3)13-9(14)8(11)12/h6-8H,4-5H2,1-3H3,(H,13,14). The van der Waals surface area contributed by atoms with Crippen LogP contribution in [0.4, 0.5) is 8.78 Å². The zero-order valence-electron chi connectivity index (χ0n) is 9.22. The second kappa shape index (κ2) is 4.43. The molecule has 88 valence electrons. The average molecular weight is 221 g/mol. The summed E-state index contributed by atoms with van der Waals surface area (Å²) in [5, 5.41) is 2.33. The van der Waals surface area contributed by atoms with E-state index < -0.39 is 12.3 Å². The maximum absolute atomic E-state index is 12.0. The molecule has 5 heteroatoms. The molecule has 1 fully saturated rings. The normalized spacial score (nSPS) is 28.7. The molecule has 0 aromatic rings. The van der Waals surface area contributed by atoms with Gasteiger partial charge in [0.05, 0.1) is 6.10 Å². The Kier molecular flexibility index (Phi) is 3.65. The summed E-state index contributed by atoms with van der Waals surface area (Å²) in [4.78, 5) is 10.8. The van der Waals surface area contributed by atoms with E-state index in [-0.39, 0.29) is 17.6 Å². The monoisotopic (exact) mass is 221 g/mol. The molecule has 0 heterocycles. The predicted octanol–water partition coefficient (Wildman–Crippen LogP) is 1.57. The largest absolute Gasteiger partial charge is 0.378 e. The Morgan fingerprint density at radius 1 is 1.60 bits per heavy atom. The molecule has 0 bridgehead atoms. The third-order valence-corrected chi connectivity index (χ3v) is 3.06. The number of carbonyl (C=O) groups excluding carboxylic acids is 1. The third kappa shape index (κ3) is 2.45. The molecule has 3 nitrogen and oxygen atoms in total. The van der Waals surface area contributed by atoms with Crippen molar-refractivity contribution in [3.05, 3.63) is 0 Å². The van der Waals surface area contributed by atoms with Gasteiger partial charge in [-0.1, -0.05) is 13.8 Å². The third-order valence-electron chi connectivity index (χ3n) is 3.06. The van der Waals surface area contributed by atoms with Gasteiger partial charge < -0.3 is 10.1 Å². The number of ether oxygens (including phenoxy) is 1. The molecule has 0 aromatic heterocycles. The fourth-order valence-electron chi connectivity index (χ4n) is 1.85. The summed E-state index contributed by atoms with van der Waals surface area (Å²) in [6, 6.07) is -0.212. The van der Waals surface area contributed by atoms with Crippen LogP contribution in [-0.2, 0) is 9.53 Å². The van der Waals surface area contributed by atoms with Crippen LogP contribution >= 0.6 is 0 Å². The van der Waals surface area contributed by atoms with E-state index in [1.54, 1.807) is 0 Å². The van der Waals surface area contributed by atoms with Gasteiger partial charge in [0.2, 0.25) is 0 Å². The SMILES string of the molecule is CCOC1CC(NC(=O)C(F)F)C1(C)C. The van der Waals surface area contributed by atoms with Gasteiger partial charge in [0.15, 0.2) is 0 Å². The van der Waals surface area contributed by atoms with Crippen molar-refractivity contribution in [1.82, 2.24) is 5.32 Å². The highest BCUT2D eigenvalue weighted by atomic mass is 19.3. The number of rotatable bonds is 4. The molecule has 1 amide bonds. The maximum Gasteiger partial charge on any atom is 0.315 e. The quantitative estimate of drug-likeness (QED) is 0.782. The van der Waals surface area contributed by atoms with Crippen molar-refractivity contribution in [2.45, 2.75) is 45.8 Å². The highest BCUT2D eigenvalue weighted by molar-refractivity contribution is 5.79. The molecule has 1 saturated carbocycles. The van der Waals surface area contributed by atoms with Crippen molar-refractivity contribution in [3.63, 3.8) is 0 Å². The molecule has 1 aliphatic carbocycles. The minimum atomic E-state index is -2.94. The highest BCUT2D eigenvalue weighted by Crippen LogP contribution is 2.42. The molecule has 1 aliphatic rings. The van der Waals surface area contributed by atoms with Crippen LogP contribution in [0.5, 0.6) is 0 Å². The van der Waals surface area contributed by atoms with E-state index in [4.69, 9.17) is 4.74 Å². The second-order valence-electron chi connectivity index (χ2n) is 4.36. The Morgan fingerprint density at radius 3 is 2.60 bits per heavy atom. The maximum atomic E-state index is 12.0. The van der Waals surface area contributed by atoms with Gasteiger partial charge in [0.1, 0.15) is 0 Å². The van der Waals surface area contributed by atoms with Gasteiger partial charge >= 0.3 is 6.43 Å². The van der Waals surface area contributed by atoms with Gasteiger partial charge in [-0.2, -0.15) is 8.78 Å². The van der Waals surface area contributed by atoms with Crippen LogP contribution in [0.2, 0.25) is 0 Å². The van der Waals surface area contributed by atoms with Gasteiger partial charge in [-0.3, -0.25) is 4.79 Å². The molecule has 0 aliphatic heterocycles. The van der Waals surface area contributed by atoms with Gasteiger partial charge in [-0.25, -0.2) is 0 Å². The summed E-state index contributed by atoms with van der Waals surface area (Å²) in [7, 11) is 0. The molecule has 0 spiro atoms. The lowest BCUT2D eigenvalue weighted by Crippen LogP contribution is -2.62. The topological polar surface area (TPSA) is 38.3 Å². The minimum Gasteiger partial charge on any atom is -0.378 e. The summed E-state index contributed by atoms with van der Waals surface area (Å²) >= 11 is 0. The van der Waals surface area contributed by atoms with Crippen LogP contribution in [0, 0.1) is 5.41 Å². The van der Waals surface area contributed by atoms with Crippen molar-refractivity contribution in [1.29, 1.82) is 0 Å². The van der Waals surface area contributed by atoms with Crippen molar-refractivity contribution in [3.8, 4) is 0 Å². The first-order valence-electron chi connectivity index (χ1n) is 5.09. The number of nitrogens with one attached hydrogen (secondary N) is 1. The number of carbonyl (C=O) groups is 1. The minimum absolute atomic E-state index is 0.0467. The summed E-state index contributed by atoms with van der Waals surface area (Å²) < 4.78 is 29.4. The van der Waals surface area contributed by atoms with E-state index in [1.807, 2.05) is 20.8 Å². The molecule has 0 aromatic carbocycles. The Labute approximate surface area is 88.2 Å². The molecule has 15 heavy (non-hydrogen) atoms. The Balaban J connectivity index is 2.45. The molecule has 2 unspecified atom stereocenters. The van der Waals surface area contributed by atoms with Crippen LogP contribution in [0.15, 0.2) is 0 Å². The first-order chi connectivity index (χ1) is 6.89. The summed E-state index contributed by atoms with van der Waals surface area (Å²) in [6.07, 6.45) is -2.28. The lowest BCUT2D eigenvalue weighted by Gasteiger charge is -2.51. The first kappa shape index (κ1) is 12.4. The first-order valence-corrected chi connectivity index (χ1v) is 5.09. The lowest BCUT2D eigenvalue weighted by atomic mass is 9.64. The smallest absolute Gasteiger partial charge is 0.315 e. The van der Waals surface area contributed by atoms with E-state index >= 15 is 0 Å². The van der Waals surface area contributed by atoms with E-state index in [2.05, 4.69) is 5.32 Å². The van der Waals surface area contributed by atoms with Gasteiger partial charge in [-0.15, -0.1) is 0 Å². The highest BCUT2D eigenvalue weighted by Gasteiger charge is 2.49. The summed E-state index contributed by atoms with van der Waals surface area (Å²) in [5.74, 6) is -1.19. The van der Waals surface area contributed by atoms with Gasteiger partial charge in [-0.05, 0) is 13.3 Å². The van der Waals surface area contributed by atoms with Crippen molar-refractivity contribution in [2.24, 2.45) is 5.41 Å². The number of alkyl halides is 2. The fourth-order valence-corrected chi connectivity index (χ4v) is 1.85. The van der Waals surface area contributed by atoms with Gasteiger partial charge in [0.25, 0.3) is 5.91 Å². The van der Waals surface area contributed by atoms with Crippen LogP contribution < -0.4 is 5.32 Å². The molecular formula is C10H17F2NO2. The Bertz CT molecular complexity index is 244. The number of amides is 1. The molecule has 1 rings (SSSR count). The summed E-state index contributed by atoms with van der Waals surface area (Å²) in [5.41, 5.74) is -0.263. The zero-order valence-corrected chi connectivity index (χ0v) is 9.22. The summed E-state index contributed by atoms with van der Waals surface area (Å²) in [6.45, 7) is 6.31. The lowest BCUT2D eigenvalue weighted by molar-refractivity contribution is -0.145. The number of hydrogen-bond donors (Lipinski definition) is 1.